The van der Waals surface area contributed by atoms with E-state index in [1.165, 1.54) is 115 Å². The van der Waals surface area contributed by atoms with Crippen molar-refractivity contribution >= 4 is 193 Å². The minimum absolute atomic E-state index is 0.0495. The van der Waals surface area contributed by atoms with Gasteiger partial charge in [0.2, 0.25) is 0 Å². The summed E-state index contributed by atoms with van der Waals surface area (Å²) in [6.45, 7) is 55.1. The zero-order chi connectivity index (χ0) is 88.3. The molecule has 0 bridgehead atoms. The Bertz CT molecular complexity index is 6930. The number of rotatable bonds is 5. The molecule has 0 amide bonds. The van der Waals surface area contributed by atoms with E-state index >= 15 is 0 Å². The Morgan fingerprint density at radius 1 is 0.230 bits per heavy atom. The number of ether oxygens (including phenoxy) is 3. The van der Waals surface area contributed by atoms with Crippen LogP contribution in [0.15, 0.2) is 206 Å². The number of benzene rings is 13. The fourth-order valence-corrected chi connectivity index (χ4v) is 22.8. The van der Waals surface area contributed by atoms with Gasteiger partial charge in [-0.05, 0) is 265 Å². The zero-order valence-corrected chi connectivity index (χ0v) is 79.8. The van der Waals surface area contributed by atoms with E-state index in [9.17, 15) is 0 Å². The van der Waals surface area contributed by atoms with Gasteiger partial charge in [-0.25, -0.2) is 0 Å². The Morgan fingerprint density at radius 3 is 0.857 bits per heavy atom. The van der Waals surface area contributed by atoms with E-state index in [1.807, 2.05) is 0 Å². The lowest BCUT2D eigenvalue weighted by Gasteiger charge is -2.44. The van der Waals surface area contributed by atoms with Crippen LogP contribution >= 0.6 is 23.9 Å². The second-order valence-electron chi connectivity index (χ2n) is 45.2. The monoisotopic (exact) mass is 1690 g/mol. The zero-order valence-electron chi connectivity index (χ0n) is 78.1. The first-order valence-corrected chi connectivity index (χ1v) is 47.7. The van der Waals surface area contributed by atoms with Gasteiger partial charge in [0.15, 0.2) is 0 Å². The molecule has 22 rings (SSSR count). The summed E-state index contributed by atoms with van der Waals surface area (Å²) in [6, 6.07) is 81.5. The molecule has 13 aromatic carbocycles. The van der Waals surface area contributed by atoms with E-state index in [0.717, 1.165) is 130 Å². The molecular formula is C112H113B3N6O3S2. The smallest absolute Gasteiger partial charge is 0.260 e. The van der Waals surface area contributed by atoms with E-state index in [4.69, 9.17) is 14.2 Å². The number of nitrogens with zero attached hydrogens (tertiary/aromatic N) is 5. The summed E-state index contributed by atoms with van der Waals surface area (Å²) in [5, 5.41) is 11.8. The van der Waals surface area contributed by atoms with Crippen LogP contribution < -0.4 is 77.3 Å². The number of anilines is 6. The Labute approximate surface area is 753 Å². The highest BCUT2D eigenvalue weighted by Crippen LogP contribution is 2.52. The molecule has 0 aliphatic carbocycles. The third kappa shape index (κ3) is 12.2. The summed E-state index contributed by atoms with van der Waals surface area (Å²) in [6.07, 6.45) is 4.53. The molecule has 0 fully saturated rings. The molecule has 0 radical (unpaired) electrons. The van der Waals surface area contributed by atoms with Gasteiger partial charge in [0.05, 0.1) is 67.2 Å². The van der Waals surface area contributed by atoms with Gasteiger partial charge in [0.1, 0.15) is 34.5 Å². The molecule has 14 heteroatoms. The van der Waals surface area contributed by atoms with Crippen molar-refractivity contribution in [3.63, 3.8) is 0 Å². The summed E-state index contributed by atoms with van der Waals surface area (Å²) >= 11 is 3.55. The molecular weight excluding hydrogens is 1570 g/mol. The van der Waals surface area contributed by atoms with Crippen LogP contribution in [-0.4, -0.2) is 46.4 Å². The van der Waals surface area contributed by atoms with Gasteiger partial charge in [-0.1, -0.05) is 239 Å². The van der Waals surface area contributed by atoms with Crippen LogP contribution in [0.1, 0.15) is 211 Å². The molecule has 3 aromatic heterocycles. The SMILES string of the molecule is CSN1c2cc3c(cc2B2c4cc5c(cc4N(SC)c4cc(-n6c7ccc(C(C)(C)C)cc7c7cc(C(C)(C)C)ccc76)cc1c42)Oc1cc(-n2c4ccc(C(C)(C)C)cc4c4cc(C(C)(C)C)ccc42)cc2c1B5c1cc(C(C)(C)C)ccc1O2)B1c2cc(C(C)(C)C)ccc2Oc2cc(-n4c5ccc(C(C)(C)C)cc5c5cc(C(C)(C)C)ccc54)cc(c21)N3. The predicted octanol–water partition coefficient (Wildman–Crippen LogP) is 24.7. The highest BCUT2D eigenvalue weighted by Gasteiger charge is 2.50. The molecule has 0 saturated heterocycles. The van der Waals surface area contributed by atoms with E-state index in [2.05, 4.69) is 413 Å². The van der Waals surface area contributed by atoms with Crippen LogP contribution in [-0.2, 0) is 43.3 Å². The largest absolute Gasteiger partial charge is 0.458 e. The Hall–Kier alpha value is -11.0. The fourth-order valence-electron chi connectivity index (χ4n) is 21.4. The standard InChI is InChI=1S/C112H113B3N6O3S2/c1-105(2,3)61-27-35-86-72(43-61)73-44-62(106(4,5)6)28-36-87(73)117(86)69-51-85-102-99(54-69)122-96-41-33-67(111(19,20)21)49-81(96)113(102)78-57-79-92(59-84(78)116-85)120(125-25)94-52-70(118-88-37-29-63(107(7,8)9)45-74(88)75-46-64(108(10,11)12)30-38-89(75)118)53-95-103(94)114(79)80-58-83-98(60-93(80)121(95)126-26)124-101-56-71(55-100-104(101)115(83)82-50-68(112(22,23)24)34-42-97(82)123-100)119-90-39-31-65(109(13,14)15)47-76(90)77-48-66(110(16,17)18)32-40-91(77)119/h27-60,116H,1-26H3. The number of aromatic nitrogens is 3. The Balaban J connectivity index is 0.800. The molecule has 9 heterocycles. The van der Waals surface area contributed by atoms with E-state index in [0.29, 0.717) is 0 Å². The van der Waals surface area contributed by atoms with Crippen LogP contribution in [0.3, 0.4) is 0 Å². The fraction of sp³-hybridized carbons (Fsp3) is 0.304. The van der Waals surface area contributed by atoms with Crippen LogP contribution in [0.4, 0.5) is 34.1 Å². The highest BCUT2D eigenvalue weighted by atomic mass is 32.2. The Morgan fingerprint density at radius 2 is 0.508 bits per heavy atom. The lowest BCUT2D eigenvalue weighted by molar-refractivity contribution is 0.464. The van der Waals surface area contributed by atoms with Crippen molar-refractivity contribution in [2.45, 2.75) is 209 Å². The maximum absolute atomic E-state index is 7.89. The highest BCUT2D eigenvalue weighted by molar-refractivity contribution is 8.00. The van der Waals surface area contributed by atoms with Crippen molar-refractivity contribution in [2.75, 3.05) is 26.4 Å². The van der Waals surface area contributed by atoms with Gasteiger partial charge in [-0.2, -0.15) is 0 Å². The number of hydrogen-bond acceptors (Lipinski definition) is 8. The average Bonchev–Trinajstić information content (AvgIpc) is 0.773. The maximum Gasteiger partial charge on any atom is 0.260 e. The molecule has 0 spiro atoms. The van der Waals surface area contributed by atoms with E-state index < -0.39 is 0 Å². The minimum atomic E-state index is -0.272. The first kappa shape index (κ1) is 80.8. The third-order valence-corrected chi connectivity index (χ3v) is 30.1. The second-order valence-corrected chi connectivity index (χ2v) is 46.7. The topological polar surface area (TPSA) is 61.0 Å². The van der Waals surface area contributed by atoms with Gasteiger partial charge >= 0.3 is 0 Å². The average molecular weight is 1690 g/mol. The van der Waals surface area contributed by atoms with Crippen LogP contribution in [0, 0.1) is 0 Å². The third-order valence-electron chi connectivity index (χ3n) is 28.6. The van der Waals surface area contributed by atoms with Crippen LogP contribution in [0.2, 0.25) is 0 Å². The molecule has 16 aromatic rings. The molecule has 126 heavy (non-hydrogen) atoms. The molecule has 630 valence electrons. The number of nitrogens with one attached hydrogen (secondary N) is 1. The summed E-state index contributed by atoms with van der Waals surface area (Å²) in [5.74, 6) is 5.02. The lowest BCUT2D eigenvalue weighted by atomic mass is 9.29. The van der Waals surface area contributed by atoms with Gasteiger partial charge < -0.3 is 33.2 Å². The Kier molecular flexibility index (Phi) is 17.2. The molecule has 0 atom stereocenters. The normalized spacial score (nSPS) is 14.7. The number of hydrogen-bond donors (Lipinski definition) is 1. The molecule has 6 aliphatic rings. The summed E-state index contributed by atoms with van der Waals surface area (Å²) in [4.78, 5) is 0. The van der Waals surface area contributed by atoms with Crippen molar-refractivity contribution in [3.8, 4) is 51.6 Å². The van der Waals surface area contributed by atoms with E-state index in [1.54, 1.807) is 23.9 Å². The minimum Gasteiger partial charge on any atom is -0.458 e. The van der Waals surface area contributed by atoms with Crippen molar-refractivity contribution < 1.29 is 14.2 Å². The molecule has 0 unspecified atom stereocenters. The molecule has 6 aliphatic heterocycles. The van der Waals surface area contributed by atoms with Crippen molar-refractivity contribution in [2.24, 2.45) is 0 Å². The van der Waals surface area contributed by atoms with Crippen LogP contribution in [0.25, 0.3) is 82.5 Å². The summed E-state index contributed by atoms with van der Waals surface area (Å²) in [5.41, 5.74) is 37.0. The van der Waals surface area contributed by atoms with Crippen LogP contribution in [0.5, 0.6) is 34.5 Å². The number of fused-ring (bicyclic) bond motifs is 21. The molecule has 1 N–H and O–H groups in total. The molecule has 9 nitrogen and oxygen atoms in total. The molecule has 0 saturated carbocycles. The first-order chi connectivity index (χ1) is 59.4. The summed E-state index contributed by atoms with van der Waals surface area (Å²) in [7, 11) is 0. The van der Waals surface area contributed by atoms with Crippen molar-refractivity contribution in [3.05, 3.63) is 251 Å². The lowest BCUT2D eigenvalue weighted by Crippen LogP contribution is -2.65. The summed E-state index contributed by atoms with van der Waals surface area (Å²) < 4.78 is 35.5. The van der Waals surface area contributed by atoms with Gasteiger partial charge in [0, 0.05) is 91.6 Å². The van der Waals surface area contributed by atoms with Gasteiger partial charge in [-0.15, -0.1) is 0 Å². The van der Waals surface area contributed by atoms with Crippen molar-refractivity contribution in [1.29, 1.82) is 0 Å². The second kappa shape index (κ2) is 26.8. The van der Waals surface area contributed by atoms with Gasteiger partial charge in [0.25, 0.3) is 20.1 Å². The van der Waals surface area contributed by atoms with E-state index in [-0.39, 0.29) is 63.5 Å². The van der Waals surface area contributed by atoms with Crippen molar-refractivity contribution in [1.82, 2.24) is 13.7 Å². The quantitative estimate of drug-likeness (QED) is 0.135. The maximum atomic E-state index is 7.89. The van der Waals surface area contributed by atoms with Gasteiger partial charge in [-0.3, -0.25) is 8.61 Å². The first-order valence-electron chi connectivity index (χ1n) is 45.3. The predicted molar refractivity (Wildman–Crippen MR) is 546 cm³/mol.